The Morgan fingerprint density at radius 3 is 2.58 bits per heavy atom. The van der Waals surface area contributed by atoms with E-state index in [0.717, 1.165) is 31.4 Å². The third-order valence-corrected chi connectivity index (χ3v) is 5.97. The highest BCUT2D eigenvalue weighted by atomic mass is 35.5. The Bertz CT molecular complexity index is 766. The smallest absolute Gasteiger partial charge is 0.253 e. The standard InChI is InChI=1S/C21H23Cl2NO2/c22-18-9-8-17(14-19(18)23)21(11-5-13-25)10-4-12-24(15-21)20(26)16-6-2-1-3-7-16/h1-3,6-9,14,25H,4-5,10-13,15H2/t21-/m1/s1. The van der Waals surface area contributed by atoms with E-state index in [0.29, 0.717) is 28.6 Å². The second-order valence-electron chi connectivity index (χ2n) is 6.93. The molecule has 3 nitrogen and oxygen atoms in total. The first kappa shape index (κ1) is 19.2. The molecule has 5 heteroatoms. The second-order valence-corrected chi connectivity index (χ2v) is 7.75. The molecule has 1 aliphatic rings. The third kappa shape index (κ3) is 4.06. The molecule has 2 aromatic rings. The molecule has 1 N–H and O–H groups in total. The number of hydrogen-bond acceptors (Lipinski definition) is 2. The van der Waals surface area contributed by atoms with Crippen LogP contribution in [-0.2, 0) is 5.41 Å². The maximum Gasteiger partial charge on any atom is 0.253 e. The van der Waals surface area contributed by atoms with Gasteiger partial charge in [-0.05, 0) is 55.5 Å². The summed E-state index contributed by atoms with van der Waals surface area (Å²) in [6.07, 6.45) is 3.38. The maximum atomic E-state index is 12.9. The minimum atomic E-state index is -0.209. The summed E-state index contributed by atoms with van der Waals surface area (Å²) in [5, 5.41) is 10.4. The van der Waals surface area contributed by atoms with E-state index in [1.54, 1.807) is 0 Å². The zero-order valence-corrected chi connectivity index (χ0v) is 16.1. The minimum Gasteiger partial charge on any atom is -0.396 e. The van der Waals surface area contributed by atoms with Crippen LogP contribution in [-0.4, -0.2) is 35.6 Å². The topological polar surface area (TPSA) is 40.5 Å². The van der Waals surface area contributed by atoms with Crippen molar-refractivity contribution in [3.05, 3.63) is 69.7 Å². The van der Waals surface area contributed by atoms with E-state index in [1.165, 1.54) is 0 Å². The molecule has 0 radical (unpaired) electrons. The lowest BCUT2D eigenvalue weighted by molar-refractivity contribution is 0.0618. The first-order chi connectivity index (χ1) is 12.6. The van der Waals surface area contributed by atoms with E-state index >= 15 is 0 Å². The second kappa shape index (κ2) is 8.43. The van der Waals surface area contributed by atoms with Crippen LogP contribution in [0.5, 0.6) is 0 Å². The molecule has 1 amide bonds. The molecule has 1 aliphatic heterocycles. The number of piperidine rings is 1. The summed E-state index contributed by atoms with van der Waals surface area (Å²) in [5.74, 6) is 0.0544. The van der Waals surface area contributed by atoms with E-state index in [1.807, 2.05) is 53.4 Å². The fraction of sp³-hybridized carbons (Fsp3) is 0.381. The number of halogens is 2. The van der Waals surface area contributed by atoms with Gasteiger partial charge >= 0.3 is 0 Å². The molecule has 1 fully saturated rings. The zero-order chi connectivity index (χ0) is 18.6. The molecule has 0 unspecified atom stereocenters. The summed E-state index contributed by atoms with van der Waals surface area (Å²) < 4.78 is 0. The van der Waals surface area contributed by atoms with E-state index < -0.39 is 0 Å². The van der Waals surface area contributed by atoms with Gasteiger partial charge in [0.1, 0.15) is 0 Å². The first-order valence-corrected chi connectivity index (χ1v) is 9.72. The maximum absolute atomic E-state index is 12.9. The summed E-state index contributed by atoms with van der Waals surface area (Å²) in [6, 6.07) is 15.1. The fourth-order valence-corrected chi connectivity index (χ4v) is 4.19. The number of rotatable bonds is 5. The monoisotopic (exact) mass is 391 g/mol. The lowest BCUT2D eigenvalue weighted by atomic mass is 9.71. The highest BCUT2D eigenvalue weighted by Crippen LogP contribution is 2.40. The molecule has 26 heavy (non-hydrogen) atoms. The molecule has 1 atom stereocenters. The van der Waals surface area contributed by atoms with Crippen LogP contribution in [0, 0.1) is 0 Å². The summed E-state index contributed by atoms with van der Waals surface area (Å²) in [4.78, 5) is 14.9. The number of likely N-dealkylation sites (tertiary alicyclic amines) is 1. The van der Waals surface area contributed by atoms with Crippen LogP contribution in [0.2, 0.25) is 10.0 Å². The van der Waals surface area contributed by atoms with E-state index in [-0.39, 0.29) is 17.9 Å². The summed E-state index contributed by atoms with van der Waals surface area (Å²) >= 11 is 12.4. The van der Waals surface area contributed by atoms with Gasteiger partial charge in [0, 0.05) is 30.7 Å². The Morgan fingerprint density at radius 2 is 1.88 bits per heavy atom. The van der Waals surface area contributed by atoms with Crippen molar-refractivity contribution in [2.45, 2.75) is 31.1 Å². The molecule has 0 aliphatic carbocycles. The summed E-state index contributed by atoms with van der Waals surface area (Å²) in [5.41, 5.74) is 1.59. The molecule has 138 valence electrons. The van der Waals surface area contributed by atoms with Crippen molar-refractivity contribution < 1.29 is 9.90 Å². The van der Waals surface area contributed by atoms with Crippen LogP contribution in [0.25, 0.3) is 0 Å². The predicted molar refractivity (Wildman–Crippen MR) is 106 cm³/mol. The molecular formula is C21H23Cl2NO2. The predicted octanol–water partition coefficient (Wildman–Crippen LogP) is 4.94. The molecule has 1 heterocycles. The molecule has 3 rings (SSSR count). The van der Waals surface area contributed by atoms with Crippen molar-refractivity contribution in [3.63, 3.8) is 0 Å². The van der Waals surface area contributed by atoms with E-state index in [4.69, 9.17) is 23.2 Å². The van der Waals surface area contributed by atoms with Crippen LogP contribution in [0.3, 0.4) is 0 Å². The Hall–Kier alpha value is -1.55. The molecule has 0 saturated carbocycles. The number of amides is 1. The van der Waals surface area contributed by atoms with Gasteiger partial charge in [0.15, 0.2) is 0 Å². The fourth-order valence-electron chi connectivity index (χ4n) is 3.90. The minimum absolute atomic E-state index is 0.0544. The van der Waals surface area contributed by atoms with Gasteiger partial charge in [-0.15, -0.1) is 0 Å². The third-order valence-electron chi connectivity index (χ3n) is 5.23. The average molecular weight is 392 g/mol. The van der Waals surface area contributed by atoms with Gasteiger partial charge in [-0.1, -0.05) is 47.5 Å². The number of hydrogen-bond donors (Lipinski definition) is 1. The Morgan fingerprint density at radius 1 is 1.12 bits per heavy atom. The van der Waals surface area contributed by atoms with Gasteiger partial charge in [-0.3, -0.25) is 4.79 Å². The largest absolute Gasteiger partial charge is 0.396 e. The number of nitrogens with zero attached hydrogens (tertiary/aromatic N) is 1. The highest BCUT2D eigenvalue weighted by Gasteiger charge is 2.38. The molecule has 0 spiro atoms. The van der Waals surface area contributed by atoms with Crippen molar-refractivity contribution in [1.82, 2.24) is 4.90 Å². The van der Waals surface area contributed by atoms with Crippen LogP contribution >= 0.6 is 23.2 Å². The Labute approximate surface area is 164 Å². The number of benzene rings is 2. The van der Waals surface area contributed by atoms with E-state index in [9.17, 15) is 9.90 Å². The van der Waals surface area contributed by atoms with Gasteiger partial charge < -0.3 is 10.0 Å². The van der Waals surface area contributed by atoms with Gasteiger partial charge in [-0.25, -0.2) is 0 Å². The summed E-state index contributed by atoms with van der Waals surface area (Å²) in [7, 11) is 0. The quantitative estimate of drug-likeness (QED) is 0.783. The normalized spacial score (nSPS) is 20.2. The number of carbonyl (C=O) groups excluding carboxylic acids is 1. The van der Waals surface area contributed by atoms with Crippen LogP contribution in [0.1, 0.15) is 41.6 Å². The van der Waals surface area contributed by atoms with Crippen molar-refractivity contribution in [2.75, 3.05) is 19.7 Å². The average Bonchev–Trinajstić information content (AvgIpc) is 2.68. The van der Waals surface area contributed by atoms with E-state index in [2.05, 4.69) is 0 Å². The van der Waals surface area contributed by atoms with Crippen molar-refractivity contribution in [1.29, 1.82) is 0 Å². The van der Waals surface area contributed by atoms with Gasteiger partial charge in [0.2, 0.25) is 0 Å². The zero-order valence-electron chi connectivity index (χ0n) is 14.6. The van der Waals surface area contributed by atoms with Gasteiger partial charge in [0.05, 0.1) is 10.0 Å². The highest BCUT2D eigenvalue weighted by molar-refractivity contribution is 6.42. The SMILES string of the molecule is O=C(c1ccccc1)N1CCC[C@](CCCO)(c2ccc(Cl)c(Cl)c2)C1. The first-order valence-electron chi connectivity index (χ1n) is 8.96. The number of carbonyl (C=O) groups is 1. The van der Waals surface area contributed by atoms with Crippen molar-refractivity contribution in [3.8, 4) is 0 Å². The molecule has 0 bridgehead atoms. The lowest BCUT2D eigenvalue weighted by Crippen LogP contribution is -2.48. The van der Waals surface area contributed by atoms with Crippen LogP contribution < -0.4 is 0 Å². The summed E-state index contributed by atoms with van der Waals surface area (Å²) in [6.45, 7) is 1.50. The van der Waals surface area contributed by atoms with Gasteiger partial charge in [0.25, 0.3) is 5.91 Å². The van der Waals surface area contributed by atoms with Crippen LogP contribution in [0.15, 0.2) is 48.5 Å². The molecule has 2 aromatic carbocycles. The number of aliphatic hydroxyl groups excluding tert-OH is 1. The molecular weight excluding hydrogens is 369 g/mol. The number of aliphatic hydroxyl groups is 1. The molecule has 1 saturated heterocycles. The van der Waals surface area contributed by atoms with Crippen molar-refractivity contribution >= 4 is 29.1 Å². The molecule has 0 aromatic heterocycles. The van der Waals surface area contributed by atoms with Gasteiger partial charge in [-0.2, -0.15) is 0 Å². The van der Waals surface area contributed by atoms with Crippen LogP contribution in [0.4, 0.5) is 0 Å². The Kier molecular flexibility index (Phi) is 6.23. The Balaban J connectivity index is 1.91. The van der Waals surface area contributed by atoms with Crippen molar-refractivity contribution in [2.24, 2.45) is 0 Å². The lowest BCUT2D eigenvalue weighted by Gasteiger charge is -2.43.